The first kappa shape index (κ1) is 22.6. The summed E-state index contributed by atoms with van der Waals surface area (Å²) in [5.74, 6) is 1.12. The van der Waals surface area contributed by atoms with Gasteiger partial charge in [-0.1, -0.05) is 18.2 Å². The summed E-state index contributed by atoms with van der Waals surface area (Å²) in [5.41, 5.74) is 1.31. The van der Waals surface area contributed by atoms with Gasteiger partial charge < -0.3 is 14.8 Å². The molecule has 0 saturated heterocycles. The number of fused-ring (bicyclic) bond motifs is 1. The van der Waals surface area contributed by atoms with Crippen LogP contribution in [0.15, 0.2) is 52.4 Å². The van der Waals surface area contributed by atoms with Crippen molar-refractivity contribution in [1.82, 2.24) is 10.0 Å². The molecule has 1 aliphatic rings. The number of benzene rings is 2. The van der Waals surface area contributed by atoms with Crippen LogP contribution < -0.4 is 19.5 Å². The molecule has 9 heteroatoms. The molecular weight excluding hydrogens is 418 g/mol. The SMILES string of the molecule is CCOc1ccc(C(C)NC(=O)C(C)N=C2NS(=O)(=O)c3ccccc32)cc1OCC. The standard InChI is InChI=1S/C22H27N3O5S/c1-5-29-18-12-11-16(13-19(18)30-6-2)14(3)24-22(26)15(4)23-21-17-9-7-8-10-20(17)31(27,28)25-21/h7-15H,5-6H2,1-4H3,(H,23,25)(H,24,26). The zero-order valence-corrected chi connectivity index (χ0v) is 18.8. The van der Waals surface area contributed by atoms with Gasteiger partial charge >= 0.3 is 0 Å². The van der Waals surface area contributed by atoms with Gasteiger partial charge in [-0.05, 0) is 57.5 Å². The molecule has 8 nitrogen and oxygen atoms in total. The van der Waals surface area contributed by atoms with E-state index in [2.05, 4.69) is 15.0 Å². The van der Waals surface area contributed by atoms with E-state index >= 15 is 0 Å². The molecule has 3 rings (SSSR count). The van der Waals surface area contributed by atoms with Gasteiger partial charge in [0.1, 0.15) is 11.9 Å². The predicted octanol–water partition coefficient (Wildman–Crippen LogP) is 2.79. The number of nitrogens with one attached hydrogen (secondary N) is 2. The number of carbonyl (C=O) groups is 1. The van der Waals surface area contributed by atoms with E-state index in [4.69, 9.17) is 9.47 Å². The third-order valence-corrected chi connectivity index (χ3v) is 6.19. The van der Waals surface area contributed by atoms with E-state index in [0.29, 0.717) is 30.3 Å². The monoisotopic (exact) mass is 445 g/mol. The fourth-order valence-electron chi connectivity index (χ4n) is 3.24. The van der Waals surface area contributed by atoms with Gasteiger partial charge in [-0.25, -0.2) is 8.42 Å². The van der Waals surface area contributed by atoms with E-state index < -0.39 is 16.1 Å². The van der Waals surface area contributed by atoms with Crippen LogP contribution in [0.2, 0.25) is 0 Å². The highest BCUT2D eigenvalue weighted by Gasteiger charge is 2.31. The molecule has 2 unspecified atom stereocenters. The molecule has 31 heavy (non-hydrogen) atoms. The second kappa shape index (κ2) is 9.38. The van der Waals surface area contributed by atoms with Crippen LogP contribution in [0.4, 0.5) is 0 Å². The molecule has 166 valence electrons. The summed E-state index contributed by atoms with van der Waals surface area (Å²) in [6.07, 6.45) is 0. The maximum Gasteiger partial charge on any atom is 0.263 e. The van der Waals surface area contributed by atoms with Crippen LogP contribution in [0, 0.1) is 0 Å². The lowest BCUT2D eigenvalue weighted by Gasteiger charge is -2.19. The van der Waals surface area contributed by atoms with Crippen molar-refractivity contribution in [3.05, 3.63) is 53.6 Å². The van der Waals surface area contributed by atoms with Gasteiger partial charge in [-0.3, -0.25) is 14.5 Å². The van der Waals surface area contributed by atoms with Crippen molar-refractivity contribution < 1.29 is 22.7 Å². The Labute approximate surface area is 182 Å². The van der Waals surface area contributed by atoms with Crippen LogP contribution in [0.3, 0.4) is 0 Å². The van der Waals surface area contributed by atoms with Crippen LogP contribution in [-0.4, -0.2) is 39.4 Å². The second-order valence-corrected chi connectivity index (χ2v) is 8.71. The van der Waals surface area contributed by atoms with Crippen LogP contribution >= 0.6 is 0 Å². The molecule has 1 amide bonds. The number of ether oxygens (including phenoxy) is 2. The van der Waals surface area contributed by atoms with Crippen molar-refractivity contribution in [3.63, 3.8) is 0 Å². The van der Waals surface area contributed by atoms with E-state index in [1.165, 1.54) is 6.07 Å². The first-order valence-electron chi connectivity index (χ1n) is 10.2. The van der Waals surface area contributed by atoms with E-state index in [0.717, 1.165) is 5.56 Å². The minimum atomic E-state index is -3.65. The topological polar surface area (TPSA) is 106 Å². The third kappa shape index (κ3) is 4.99. The minimum absolute atomic E-state index is 0.160. The van der Waals surface area contributed by atoms with Gasteiger partial charge in [0.25, 0.3) is 10.0 Å². The highest BCUT2D eigenvalue weighted by molar-refractivity contribution is 7.90. The Hall–Kier alpha value is -3.07. The zero-order valence-electron chi connectivity index (χ0n) is 18.0. The summed E-state index contributed by atoms with van der Waals surface area (Å²) < 4.78 is 38.1. The smallest absolute Gasteiger partial charge is 0.263 e. The first-order valence-corrected chi connectivity index (χ1v) is 11.6. The molecule has 0 fully saturated rings. The van der Waals surface area contributed by atoms with E-state index in [9.17, 15) is 13.2 Å². The summed E-state index contributed by atoms with van der Waals surface area (Å²) in [6, 6.07) is 11.0. The molecular formula is C22H27N3O5S. The van der Waals surface area contributed by atoms with Gasteiger partial charge in [0.05, 0.1) is 24.2 Å². The molecule has 0 radical (unpaired) electrons. The number of hydrogen-bond donors (Lipinski definition) is 2. The van der Waals surface area contributed by atoms with Crippen LogP contribution in [0.25, 0.3) is 0 Å². The quantitative estimate of drug-likeness (QED) is 0.650. The molecule has 2 N–H and O–H groups in total. The maximum atomic E-state index is 12.7. The Balaban J connectivity index is 1.74. The number of nitrogens with zero attached hydrogens (tertiary/aromatic N) is 1. The Kier molecular flexibility index (Phi) is 6.84. The van der Waals surface area contributed by atoms with Crippen molar-refractivity contribution in [2.45, 2.75) is 44.7 Å². The highest BCUT2D eigenvalue weighted by Crippen LogP contribution is 2.31. The minimum Gasteiger partial charge on any atom is -0.490 e. The highest BCUT2D eigenvalue weighted by atomic mass is 32.2. The molecule has 0 spiro atoms. The van der Waals surface area contributed by atoms with Crippen molar-refractivity contribution >= 4 is 21.8 Å². The van der Waals surface area contributed by atoms with Gasteiger partial charge in [0.2, 0.25) is 5.91 Å². The number of rotatable bonds is 8. The summed E-state index contributed by atoms with van der Waals surface area (Å²) in [5, 5.41) is 2.92. The van der Waals surface area contributed by atoms with Gasteiger partial charge in [0, 0.05) is 5.56 Å². The summed E-state index contributed by atoms with van der Waals surface area (Å²) in [7, 11) is -3.65. The number of amidine groups is 1. The van der Waals surface area contributed by atoms with Gasteiger partial charge in [0.15, 0.2) is 11.5 Å². The zero-order chi connectivity index (χ0) is 22.6. The Morgan fingerprint density at radius 1 is 1.06 bits per heavy atom. The molecule has 2 aromatic rings. The van der Waals surface area contributed by atoms with Crippen LogP contribution in [0.5, 0.6) is 11.5 Å². The number of aliphatic imine (C=N–C) groups is 1. The number of carbonyl (C=O) groups excluding carboxylic acids is 1. The summed E-state index contributed by atoms with van der Waals surface area (Å²) in [4.78, 5) is 17.2. The lowest BCUT2D eigenvalue weighted by atomic mass is 10.1. The summed E-state index contributed by atoms with van der Waals surface area (Å²) >= 11 is 0. The van der Waals surface area contributed by atoms with Crippen molar-refractivity contribution in [1.29, 1.82) is 0 Å². The second-order valence-electron chi connectivity index (χ2n) is 7.06. The Morgan fingerprint density at radius 3 is 2.45 bits per heavy atom. The van der Waals surface area contributed by atoms with Crippen LogP contribution in [0.1, 0.15) is 44.9 Å². The molecule has 1 aliphatic heterocycles. The lowest BCUT2D eigenvalue weighted by molar-refractivity contribution is -0.122. The molecule has 1 heterocycles. The predicted molar refractivity (Wildman–Crippen MR) is 118 cm³/mol. The first-order chi connectivity index (χ1) is 14.8. The average Bonchev–Trinajstić information content (AvgIpc) is 2.99. The van der Waals surface area contributed by atoms with Crippen molar-refractivity contribution in [2.24, 2.45) is 4.99 Å². The average molecular weight is 446 g/mol. The number of hydrogen-bond acceptors (Lipinski definition) is 6. The van der Waals surface area contributed by atoms with E-state index in [1.54, 1.807) is 25.1 Å². The van der Waals surface area contributed by atoms with Gasteiger partial charge in [-0.2, -0.15) is 0 Å². The lowest BCUT2D eigenvalue weighted by Crippen LogP contribution is -2.35. The fourth-order valence-corrected chi connectivity index (χ4v) is 4.48. The van der Waals surface area contributed by atoms with Crippen LogP contribution in [-0.2, 0) is 14.8 Å². The normalized spacial score (nSPS) is 17.4. The van der Waals surface area contributed by atoms with Crippen molar-refractivity contribution in [2.75, 3.05) is 13.2 Å². The van der Waals surface area contributed by atoms with E-state index in [1.807, 2.05) is 39.0 Å². The van der Waals surface area contributed by atoms with Crippen molar-refractivity contribution in [3.8, 4) is 11.5 Å². The Bertz CT molecular complexity index is 1100. The number of amides is 1. The molecule has 0 saturated carbocycles. The molecule has 0 aliphatic carbocycles. The fraction of sp³-hybridized carbons (Fsp3) is 0.364. The van der Waals surface area contributed by atoms with E-state index in [-0.39, 0.29) is 22.7 Å². The largest absolute Gasteiger partial charge is 0.490 e. The molecule has 0 aromatic heterocycles. The molecule has 2 aromatic carbocycles. The molecule has 0 bridgehead atoms. The van der Waals surface area contributed by atoms with Gasteiger partial charge in [-0.15, -0.1) is 0 Å². The molecule has 2 atom stereocenters. The number of sulfonamides is 1. The third-order valence-electron chi connectivity index (χ3n) is 4.79. The summed E-state index contributed by atoms with van der Waals surface area (Å²) in [6.45, 7) is 8.29. The Morgan fingerprint density at radius 2 is 1.74 bits per heavy atom. The maximum absolute atomic E-state index is 12.7.